The van der Waals surface area contributed by atoms with Gasteiger partial charge in [0.2, 0.25) is 5.91 Å². The summed E-state index contributed by atoms with van der Waals surface area (Å²) in [6.45, 7) is 11.3. The molecule has 1 aliphatic heterocycles. The molecule has 1 aromatic heterocycles. The van der Waals surface area contributed by atoms with Gasteiger partial charge in [-0.3, -0.25) is 14.4 Å². The molecule has 1 amide bonds. The van der Waals surface area contributed by atoms with Gasteiger partial charge in [0.1, 0.15) is 0 Å². The van der Waals surface area contributed by atoms with E-state index in [1.807, 2.05) is 23.4 Å². The van der Waals surface area contributed by atoms with Gasteiger partial charge in [-0.05, 0) is 32.4 Å². The van der Waals surface area contributed by atoms with Crippen molar-refractivity contribution in [2.75, 3.05) is 26.2 Å². The second-order valence-electron chi connectivity index (χ2n) is 7.05. The first kappa shape index (κ1) is 17.7. The fourth-order valence-electron chi connectivity index (χ4n) is 3.49. The molecule has 0 bridgehead atoms. The summed E-state index contributed by atoms with van der Waals surface area (Å²) in [6, 6.07) is 10.7. The third-order valence-corrected chi connectivity index (χ3v) is 4.85. The Morgan fingerprint density at radius 2 is 1.84 bits per heavy atom. The van der Waals surface area contributed by atoms with Crippen molar-refractivity contribution in [2.45, 2.75) is 40.3 Å². The zero-order valence-electron chi connectivity index (χ0n) is 15.5. The summed E-state index contributed by atoms with van der Waals surface area (Å²) in [4.78, 5) is 16.9. The Kier molecular flexibility index (Phi) is 5.53. The average molecular weight is 340 g/mol. The molecular weight excluding hydrogens is 312 g/mol. The monoisotopic (exact) mass is 340 g/mol. The number of aryl methyl sites for hydroxylation is 4. The van der Waals surface area contributed by atoms with E-state index in [1.54, 1.807) is 0 Å². The Morgan fingerprint density at radius 3 is 2.48 bits per heavy atom. The summed E-state index contributed by atoms with van der Waals surface area (Å²) in [5.41, 5.74) is 4.78. The van der Waals surface area contributed by atoms with Gasteiger partial charge in [-0.1, -0.05) is 29.8 Å². The lowest BCUT2D eigenvalue weighted by Gasteiger charge is -2.35. The molecule has 134 valence electrons. The summed E-state index contributed by atoms with van der Waals surface area (Å²) >= 11 is 0. The van der Waals surface area contributed by atoms with Crippen LogP contribution >= 0.6 is 0 Å². The fourth-order valence-corrected chi connectivity index (χ4v) is 3.49. The maximum Gasteiger partial charge on any atom is 0.224 e. The quantitative estimate of drug-likeness (QED) is 0.840. The SMILES string of the molecule is Cc1cccc(CN2CCN(C(=O)CCn3nc(C)cc3C)CC2)c1. The minimum atomic E-state index is 0.239. The number of rotatable bonds is 5. The van der Waals surface area contributed by atoms with E-state index in [1.165, 1.54) is 11.1 Å². The van der Waals surface area contributed by atoms with Crippen LogP contribution < -0.4 is 0 Å². The van der Waals surface area contributed by atoms with Gasteiger partial charge in [-0.25, -0.2) is 0 Å². The van der Waals surface area contributed by atoms with Crippen molar-refractivity contribution in [3.05, 3.63) is 52.8 Å². The van der Waals surface area contributed by atoms with Gasteiger partial charge < -0.3 is 4.90 Å². The van der Waals surface area contributed by atoms with Crippen LogP contribution in [0.5, 0.6) is 0 Å². The Hall–Kier alpha value is -2.14. The number of aromatic nitrogens is 2. The van der Waals surface area contributed by atoms with Gasteiger partial charge in [0, 0.05) is 51.4 Å². The molecule has 5 nitrogen and oxygen atoms in total. The van der Waals surface area contributed by atoms with Crippen LogP contribution in [0.4, 0.5) is 0 Å². The van der Waals surface area contributed by atoms with Crippen LogP contribution in [0.3, 0.4) is 0 Å². The van der Waals surface area contributed by atoms with Crippen LogP contribution in [0.25, 0.3) is 0 Å². The summed E-state index contributed by atoms with van der Waals surface area (Å²) in [7, 11) is 0. The lowest BCUT2D eigenvalue weighted by atomic mass is 10.1. The van der Waals surface area contributed by atoms with Crippen LogP contribution in [0.1, 0.15) is 28.9 Å². The van der Waals surface area contributed by atoms with Crippen molar-refractivity contribution in [3.63, 3.8) is 0 Å². The predicted molar refractivity (Wildman–Crippen MR) is 99.4 cm³/mol. The van der Waals surface area contributed by atoms with E-state index < -0.39 is 0 Å². The molecule has 25 heavy (non-hydrogen) atoms. The molecule has 0 N–H and O–H groups in total. The molecule has 0 saturated carbocycles. The first-order valence-corrected chi connectivity index (χ1v) is 9.08. The van der Waals surface area contributed by atoms with E-state index in [2.05, 4.69) is 47.3 Å². The largest absolute Gasteiger partial charge is 0.340 e. The molecule has 1 aliphatic rings. The number of carbonyl (C=O) groups excluding carboxylic acids is 1. The zero-order chi connectivity index (χ0) is 17.8. The van der Waals surface area contributed by atoms with Crippen molar-refractivity contribution in [1.82, 2.24) is 19.6 Å². The Balaban J connectivity index is 1.45. The minimum absolute atomic E-state index is 0.239. The van der Waals surface area contributed by atoms with Crippen molar-refractivity contribution in [3.8, 4) is 0 Å². The van der Waals surface area contributed by atoms with Crippen LogP contribution in [0.2, 0.25) is 0 Å². The second-order valence-corrected chi connectivity index (χ2v) is 7.05. The smallest absolute Gasteiger partial charge is 0.224 e. The topological polar surface area (TPSA) is 41.4 Å². The molecule has 5 heteroatoms. The first-order chi connectivity index (χ1) is 12.0. The number of hydrogen-bond acceptors (Lipinski definition) is 3. The Labute approximate surface area is 150 Å². The Bertz CT molecular complexity index is 729. The van der Waals surface area contributed by atoms with Crippen molar-refractivity contribution in [2.24, 2.45) is 0 Å². The van der Waals surface area contributed by atoms with Crippen LogP contribution in [-0.4, -0.2) is 51.7 Å². The summed E-state index contributed by atoms with van der Waals surface area (Å²) in [6.07, 6.45) is 0.528. The number of carbonyl (C=O) groups is 1. The molecule has 0 atom stereocenters. The number of piperazine rings is 1. The predicted octanol–water partition coefficient (Wildman–Crippen LogP) is 2.54. The van der Waals surface area contributed by atoms with Crippen LogP contribution in [0.15, 0.2) is 30.3 Å². The van der Waals surface area contributed by atoms with E-state index in [9.17, 15) is 4.79 Å². The second kappa shape index (κ2) is 7.83. The average Bonchev–Trinajstić information content (AvgIpc) is 2.91. The summed E-state index contributed by atoms with van der Waals surface area (Å²) < 4.78 is 1.93. The van der Waals surface area contributed by atoms with Crippen molar-refractivity contribution < 1.29 is 4.79 Å². The van der Waals surface area contributed by atoms with Crippen molar-refractivity contribution >= 4 is 5.91 Å². The highest BCUT2D eigenvalue weighted by Crippen LogP contribution is 2.11. The van der Waals surface area contributed by atoms with Gasteiger partial charge in [-0.15, -0.1) is 0 Å². The molecule has 0 aliphatic carbocycles. The molecule has 2 heterocycles. The summed E-state index contributed by atoms with van der Waals surface area (Å²) in [5.74, 6) is 0.239. The summed E-state index contributed by atoms with van der Waals surface area (Å²) in [5, 5.41) is 4.43. The minimum Gasteiger partial charge on any atom is -0.340 e. The first-order valence-electron chi connectivity index (χ1n) is 9.08. The van der Waals surface area contributed by atoms with Gasteiger partial charge in [0.25, 0.3) is 0 Å². The number of hydrogen-bond donors (Lipinski definition) is 0. The van der Waals surface area contributed by atoms with Gasteiger partial charge in [0.15, 0.2) is 0 Å². The molecule has 0 unspecified atom stereocenters. The van der Waals surface area contributed by atoms with Crippen LogP contribution in [-0.2, 0) is 17.9 Å². The molecule has 0 radical (unpaired) electrons. The third-order valence-electron chi connectivity index (χ3n) is 4.85. The lowest BCUT2D eigenvalue weighted by molar-refractivity contribution is -0.133. The molecule has 0 spiro atoms. The van der Waals surface area contributed by atoms with E-state index in [0.717, 1.165) is 44.1 Å². The van der Waals surface area contributed by atoms with Gasteiger partial charge in [-0.2, -0.15) is 5.10 Å². The van der Waals surface area contributed by atoms with E-state index in [-0.39, 0.29) is 5.91 Å². The van der Waals surface area contributed by atoms with E-state index in [4.69, 9.17) is 0 Å². The van der Waals surface area contributed by atoms with E-state index in [0.29, 0.717) is 13.0 Å². The molecule has 1 saturated heterocycles. The molecule has 3 rings (SSSR count). The van der Waals surface area contributed by atoms with Crippen LogP contribution in [0, 0.1) is 20.8 Å². The van der Waals surface area contributed by atoms with E-state index >= 15 is 0 Å². The number of amides is 1. The Morgan fingerprint density at radius 1 is 1.08 bits per heavy atom. The highest BCUT2D eigenvalue weighted by atomic mass is 16.2. The molecule has 2 aromatic rings. The van der Waals surface area contributed by atoms with Crippen molar-refractivity contribution in [1.29, 1.82) is 0 Å². The molecular formula is C20H28N4O. The maximum atomic E-state index is 12.5. The third kappa shape index (κ3) is 4.69. The number of nitrogens with zero attached hydrogens (tertiary/aromatic N) is 4. The zero-order valence-corrected chi connectivity index (χ0v) is 15.5. The normalized spacial score (nSPS) is 15.6. The fraction of sp³-hybridized carbons (Fsp3) is 0.500. The maximum absolute atomic E-state index is 12.5. The standard InChI is InChI=1S/C20H28N4O/c1-16-5-4-6-19(13-16)15-22-9-11-23(12-10-22)20(25)7-8-24-18(3)14-17(2)21-24/h4-6,13-14H,7-12,15H2,1-3H3. The van der Waals surface area contributed by atoms with Gasteiger partial charge in [0.05, 0.1) is 5.69 Å². The molecule has 1 fully saturated rings. The molecule has 1 aromatic carbocycles. The number of benzene rings is 1. The highest BCUT2D eigenvalue weighted by molar-refractivity contribution is 5.76. The van der Waals surface area contributed by atoms with Gasteiger partial charge >= 0.3 is 0 Å². The lowest BCUT2D eigenvalue weighted by Crippen LogP contribution is -2.48. The highest BCUT2D eigenvalue weighted by Gasteiger charge is 2.21.